The topological polar surface area (TPSA) is 98.1 Å². The lowest BCUT2D eigenvalue weighted by molar-refractivity contribution is -0.132. The van der Waals surface area contributed by atoms with Gasteiger partial charge in [-0.2, -0.15) is 0 Å². The highest BCUT2D eigenvalue weighted by Gasteiger charge is 2.27. The van der Waals surface area contributed by atoms with Gasteiger partial charge >= 0.3 is 5.97 Å². The fourth-order valence-corrected chi connectivity index (χ4v) is 3.09. The van der Waals surface area contributed by atoms with Gasteiger partial charge in [0.2, 0.25) is 0 Å². The third kappa shape index (κ3) is 4.53. The lowest BCUT2D eigenvalue weighted by Crippen LogP contribution is -2.37. The van der Waals surface area contributed by atoms with E-state index in [0.717, 1.165) is 25.7 Å². The number of rotatable bonds is 6. The highest BCUT2D eigenvalue weighted by atomic mass is 16.4. The summed E-state index contributed by atoms with van der Waals surface area (Å²) in [5.74, 6) is -2.18. The van der Waals surface area contributed by atoms with E-state index in [9.17, 15) is 24.9 Å². The Hall–Kier alpha value is -2.50. The molecule has 0 radical (unpaired) electrons. The first kappa shape index (κ1) is 18.8. The van der Waals surface area contributed by atoms with Crippen molar-refractivity contribution in [1.29, 1.82) is 0 Å². The molecule has 1 amide bonds. The molecule has 6 nitrogen and oxygen atoms in total. The maximum absolute atomic E-state index is 13.0. The first-order valence-electron chi connectivity index (χ1n) is 8.73. The molecular weight excluding hydrogens is 322 g/mol. The van der Waals surface area contributed by atoms with Crippen molar-refractivity contribution in [2.45, 2.75) is 45.4 Å². The van der Waals surface area contributed by atoms with Gasteiger partial charge in [0.1, 0.15) is 0 Å². The van der Waals surface area contributed by atoms with E-state index in [4.69, 9.17) is 0 Å². The third-order valence-electron chi connectivity index (χ3n) is 4.46. The van der Waals surface area contributed by atoms with E-state index in [1.165, 1.54) is 18.2 Å². The Kier molecular flexibility index (Phi) is 6.44. The summed E-state index contributed by atoms with van der Waals surface area (Å²) in [5.41, 5.74) is 0.389. The van der Waals surface area contributed by atoms with Crippen LogP contribution in [0.5, 0.6) is 11.5 Å². The van der Waals surface area contributed by atoms with Crippen LogP contribution in [0, 0.1) is 0 Å². The van der Waals surface area contributed by atoms with E-state index in [1.54, 1.807) is 4.90 Å². The Morgan fingerprint density at radius 3 is 2.32 bits per heavy atom. The largest absolute Gasteiger partial charge is 0.504 e. The second-order valence-electron chi connectivity index (χ2n) is 6.32. The fourth-order valence-electron chi connectivity index (χ4n) is 3.09. The van der Waals surface area contributed by atoms with E-state index in [2.05, 4.69) is 0 Å². The van der Waals surface area contributed by atoms with Crippen molar-refractivity contribution in [3.05, 3.63) is 29.3 Å². The predicted molar refractivity (Wildman–Crippen MR) is 94.3 cm³/mol. The molecule has 1 heterocycles. The number of carboxylic acids is 1. The number of piperidine rings is 1. The van der Waals surface area contributed by atoms with Gasteiger partial charge in [0.05, 0.1) is 5.57 Å². The number of phenolic OH excluding ortho intramolecular Hbond substituents is 2. The quantitative estimate of drug-likeness (QED) is 0.542. The van der Waals surface area contributed by atoms with Crippen LogP contribution in [0.3, 0.4) is 0 Å². The fraction of sp³-hybridized carbons (Fsp3) is 0.474. The van der Waals surface area contributed by atoms with Crippen LogP contribution in [0.1, 0.15) is 51.0 Å². The summed E-state index contributed by atoms with van der Waals surface area (Å²) in [6.07, 6.45) is 4.84. The van der Waals surface area contributed by atoms with Gasteiger partial charge in [0, 0.05) is 18.7 Å². The van der Waals surface area contributed by atoms with Crippen LogP contribution in [0.2, 0.25) is 0 Å². The number of likely N-dealkylation sites (tertiary alicyclic amines) is 1. The molecule has 1 aromatic rings. The first-order chi connectivity index (χ1) is 12.0. The number of hydrogen-bond donors (Lipinski definition) is 3. The number of hydrogen-bond acceptors (Lipinski definition) is 4. The van der Waals surface area contributed by atoms with E-state index >= 15 is 0 Å². The minimum absolute atomic E-state index is 0.0978. The molecule has 25 heavy (non-hydrogen) atoms. The van der Waals surface area contributed by atoms with Crippen molar-refractivity contribution in [3.8, 4) is 11.5 Å². The number of aliphatic carboxylic acids is 1. The number of carbonyl (C=O) groups excluding carboxylic acids is 1. The van der Waals surface area contributed by atoms with Crippen LogP contribution < -0.4 is 0 Å². The standard InChI is InChI=1S/C19H25NO5/c1-2-3-7-14(18(23)20-10-5-4-6-11-20)17(19(24)25)13-8-9-15(21)16(22)12-13/h8-9,12,21-22H,2-7,10-11H2,1H3,(H,24,25). The molecule has 0 saturated carbocycles. The number of carbonyl (C=O) groups is 2. The Morgan fingerprint density at radius 1 is 1.08 bits per heavy atom. The summed E-state index contributed by atoms with van der Waals surface area (Å²) in [6.45, 7) is 3.26. The molecule has 0 spiro atoms. The number of carboxylic acid groups (broad SMARTS) is 1. The summed E-state index contributed by atoms with van der Waals surface area (Å²) in [7, 11) is 0. The monoisotopic (exact) mass is 347 g/mol. The summed E-state index contributed by atoms with van der Waals surface area (Å²) in [6, 6.07) is 3.83. The van der Waals surface area contributed by atoms with Gasteiger partial charge < -0.3 is 20.2 Å². The number of amides is 1. The van der Waals surface area contributed by atoms with Crippen LogP contribution in [0.4, 0.5) is 0 Å². The van der Waals surface area contributed by atoms with Crippen molar-refractivity contribution < 1.29 is 24.9 Å². The zero-order valence-corrected chi connectivity index (χ0v) is 14.5. The highest BCUT2D eigenvalue weighted by Crippen LogP contribution is 2.32. The van der Waals surface area contributed by atoms with Gasteiger partial charge in [0.15, 0.2) is 11.5 Å². The van der Waals surface area contributed by atoms with E-state index in [1.807, 2.05) is 6.92 Å². The molecule has 0 atom stereocenters. The molecule has 0 aliphatic carbocycles. The van der Waals surface area contributed by atoms with Crippen LogP contribution >= 0.6 is 0 Å². The second-order valence-corrected chi connectivity index (χ2v) is 6.32. The Bertz CT molecular complexity index is 674. The number of nitrogens with zero attached hydrogens (tertiary/aromatic N) is 1. The van der Waals surface area contributed by atoms with E-state index in [-0.39, 0.29) is 28.4 Å². The molecule has 1 saturated heterocycles. The first-order valence-corrected chi connectivity index (χ1v) is 8.73. The second kappa shape index (κ2) is 8.55. The molecule has 3 N–H and O–H groups in total. The van der Waals surface area contributed by atoms with Gasteiger partial charge in [-0.25, -0.2) is 4.79 Å². The molecule has 1 aromatic carbocycles. The lowest BCUT2D eigenvalue weighted by atomic mass is 9.94. The van der Waals surface area contributed by atoms with Crippen molar-refractivity contribution in [1.82, 2.24) is 4.90 Å². The van der Waals surface area contributed by atoms with Crippen LogP contribution in [0.15, 0.2) is 23.8 Å². The van der Waals surface area contributed by atoms with E-state index < -0.39 is 11.7 Å². The number of aromatic hydroxyl groups is 2. The van der Waals surface area contributed by atoms with Gasteiger partial charge in [-0.05, 0) is 49.8 Å². The normalized spacial score (nSPS) is 15.6. The zero-order valence-electron chi connectivity index (χ0n) is 14.5. The molecule has 1 fully saturated rings. The third-order valence-corrected chi connectivity index (χ3v) is 4.46. The molecule has 2 rings (SSSR count). The minimum Gasteiger partial charge on any atom is -0.504 e. The zero-order chi connectivity index (χ0) is 18.4. The van der Waals surface area contributed by atoms with Crippen molar-refractivity contribution >= 4 is 17.4 Å². The number of benzene rings is 1. The Balaban J connectivity index is 2.51. The Morgan fingerprint density at radius 2 is 1.76 bits per heavy atom. The summed E-state index contributed by atoms with van der Waals surface area (Å²) >= 11 is 0. The van der Waals surface area contributed by atoms with Crippen molar-refractivity contribution in [3.63, 3.8) is 0 Å². The smallest absolute Gasteiger partial charge is 0.336 e. The van der Waals surface area contributed by atoms with Gasteiger partial charge in [-0.15, -0.1) is 0 Å². The maximum atomic E-state index is 13.0. The molecular formula is C19H25NO5. The van der Waals surface area contributed by atoms with Gasteiger partial charge in [0.25, 0.3) is 5.91 Å². The number of unbranched alkanes of at least 4 members (excludes halogenated alkanes) is 1. The summed E-state index contributed by atoms with van der Waals surface area (Å²) in [4.78, 5) is 26.6. The van der Waals surface area contributed by atoms with E-state index in [0.29, 0.717) is 25.9 Å². The molecule has 0 bridgehead atoms. The van der Waals surface area contributed by atoms with Gasteiger partial charge in [-0.1, -0.05) is 19.4 Å². The molecule has 1 aliphatic rings. The van der Waals surface area contributed by atoms with Crippen molar-refractivity contribution in [2.24, 2.45) is 0 Å². The minimum atomic E-state index is -1.21. The molecule has 1 aliphatic heterocycles. The van der Waals surface area contributed by atoms with Crippen LogP contribution in [-0.2, 0) is 9.59 Å². The molecule has 6 heteroatoms. The number of phenols is 2. The Labute approximate surface area is 147 Å². The average molecular weight is 347 g/mol. The highest BCUT2D eigenvalue weighted by molar-refractivity contribution is 6.22. The van der Waals surface area contributed by atoms with Crippen LogP contribution in [0.25, 0.3) is 5.57 Å². The van der Waals surface area contributed by atoms with Gasteiger partial charge in [-0.3, -0.25) is 4.79 Å². The molecule has 0 aromatic heterocycles. The van der Waals surface area contributed by atoms with Crippen molar-refractivity contribution in [2.75, 3.05) is 13.1 Å². The molecule has 0 unspecified atom stereocenters. The van der Waals surface area contributed by atoms with Crippen LogP contribution in [-0.4, -0.2) is 45.2 Å². The lowest BCUT2D eigenvalue weighted by Gasteiger charge is -2.28. The predicted octanol–water partition coefficient (Wildman–Crippen LogP) is 3.14. The molecule has 136 valence electrons. The maximum Gasteiger partial charge on any atom is 0.336 e. The summed E-state index contributed by atoms with van der Waals surface area (Å²) in [5, 5.41) is 28.9. The SMILES string of the molecule is CCCCC(C(=O)N1CCCCC1)=C(C(=O)O)c1ccc(O)c(O)c1. The summed E-state index contributed by atoms with van der Waals surface area (Å²) < 4.78 is 0. The average Bonchev–Trinajstić information content (AvgIpc) is 2.61.